The van der Waals surface area contributed by atoms with Crippen molar-refractivity contribution in [2.45, 2.75) is 36.7 Å². The van der Waals surface area contributed by atoms with Crippen molar-refractivity contribution >= 4 is 21.7 Å². The summed E-state index contributed by atoms with van der Waals surface area (Å²) in [6.45, 7) is 1.51. The molecular formula is C13H18N2O4S. The van der Waals surface area contributed by atoms with Crippen LogP contribution >= 0.6 is 0 Å². The summed E-state index contributed by atoms with van der Waals surface area (Å²) in [7, 11) is -2.04. The normalized spacial score (nSPS) is 16.7. The van der Waals surface area contributed by atoms with Gasteiger partial charge in [0.25, 0.3) is 0 Å². The first-order valence-electron chi connectivity index (χ1n) is 6.40. The van der Waals surface area contributed by atoms with E-state index in [1.54, 1.807) is 25.2 Å². The molecule has 2 rings (SSSR count). The van der Waals surface area contributed by atoms with Crippen LogP contribution in [0.15, 0.2) is 29.2 Å². The third-order valence-electron chi connectivity index (χ3n) is 3.37. The predicted molar refractivity (Wildman–Crippen MR) is 75.3 cm³/mol. The number of nitrogens with zero attached hydrogens (tertiary/aromatic N) is 1. The van der Waals surface area contributed by atoms with Crippen LogP contribution in [0.25, 0.3) is 0 Å². The van der Waals surface area contributed by atoms with Gasteiger partial charge in [0.1, 0.15) is 10.9 Å². The lowest BCUT2D eigenvalue weighted by Crippen LogP contribution is -2.37. The number of benzene rings is 1. The molecule has 0 heterocycles. The number of carbonyl (C=O) groups is 1. The van der Waals surface area contributed by atoms with Gasteiger partial charge < -0.3 is 10.0 Å². The molecule has 1 aromatic carbocycles. The number of hydrogen-bond donors (Lipinski definition) is 2. The minimum Gasteiger partial charge on any atom is -0.480 e. The zero-order valence-corrected chi connectivity index (χ0v) is 12.2. The first-order valence-corrected chi connectivity index (χ1v) is 7.88. The van der Waals surface area contributed by atoms with Crippen molar-refractivity contribution < 1.29 is 18.3 Å². The molecule has 1 fully saturated rings. The van der Waals surface area contributed by atoms with Gasteiger partial charge in [-0.15, -0.1) is 0 Å². The number of aliphatic carboxylic acids is 1. The molecule has 0 radical (unpaired) electrons. The highest BCUT2D eigenvalue weighted by Crippen LogP contribution is 2.28. The Morgan fingerprint density at radius 2 is 2.00 bits per heavy atom. The molecule has 0 aromatic heterocycles. The van der Waals surface area contributed by atoms with E-state index in [1.807, 2.05) is 0 Å². The highest BCUT2D eigenvalue weighted by Gasteiger charge is 2.30. The second-order valence-electron chi connectivity index (χ2n) is 4.99. The van der Waals surface area contributed by atoms with Gasteiger partial charge in [0.2, 0.25) is 10.0 Å². The smallest absolute Gasteiger partial charge is 0.326 e. The molecule has 1 atom stereocenters. The molecule has 1 aromatic rings. The Morgan fingerprint density at radius 1 is 1.40 bits per heavy atom. The van der Waals surface area contributed by atoms with Gasteiger partial charge in [0, 0.05) is 13.1 Å². The summed E-state index contributed by atoms with van der Waals surface area (Å²) in [6.07, 6.45) is 1.70. The first-order chi connectivity index (χ1) is 9.33. The number of likely N-dealkylation sites (N-methyl/N-ethyl adjacent to an activating group) is 1. The van der Waals surface area contributed by atoms with Crippen molar-refractivity contribution in [1.29, 1.82) is 0 Å². The Labute approximate surface area is 118 Å². The molecule has 1 saturated carbocycles. The second kappa shape index (κ2) is 5.41. The van der Waals surface area contributed by atoms with Crippen LogP contribution in [0.3, 0.4) is 0 Å². The molecule has 2 N–H and O–H groups in total. The van der Waals surface area contributed by atoms with Crippen molar-refractivity contribution in [3.8, 4) is 0 Å². The van der Waals surface area contributed by atoms with Gasteiger partial charge in [0.05, 0.1) is 5.69 Å². The SMILES string of the molecule is CC(C(=O)O)N(C)c1ccccc1S(=O)(=O)NC1CC1. The lowest BCUT2D eigenvalue weighted by atomic mass is 10.2. The van der Waals surface area contributed by atoms with Gasteiger partial charge in [-0.1, -0.05) is 12.1 Å². The van der Waals surface area contributed by atoms with E-state index in [9.17, 15) is 13.2 Å². The number of anilines is 1. The lowest BCUT2D eigenvalue weighted by Gasteiger charge is -2.26. The maximum absolute atomic E-state index is 12.3. The molecule has 1 aliphatic rings. The number of sulfonamides is 1. The number of rotatable bonds is 6. The summed E-state index contributed by atoms with van der Waals surface area (Å²) in [5.74, 6) is -1.00. The molecule has 0 saturated heterocycles. The zero-order chi connectivity index (χ0) is 14.9. The molecule has 6 nitrogen and oxygen atoms in total. The summed E-state index contributed by atoms with van der Waals surface area (Å²) >= 11 is 0. The molecule has 20 heavy (non-hydrogen) atoms. The topological polar surface area (TPSA) is 86.7 Å². The molecule has 1 unspecified atom stereocenters. The van der Waals surface area contributed by atoms with Gasteiger partial charge in [-0.2, -0.15) is 0 Å². The average Bonchev–Trinajstić information content (AvgIpc) is 3.20. The first kappa shape index (κ1) is 14.8. The van der Waals surface area contributed by atoms with Crippen molar-refractivity contribution in [2.24, 2.45) is 0 Å². The van der Waals surface area contributed by atoms with Gasteiger partial charge >= 0.3 is 5.97 Å². The van der Waals surface area contributed by atoms with E-state index in [1.165, 1.54) is 17.9 Å². The van der Waals surface area contributed by atoms with Crippen LogP contribution in [0.2, 0.25) is 0 Å². The molecule has 7 heteroatoms. The fourth-order valence-electron chi connectivity index (χ4n) is 1.83. The van der Waals surface area contributed by atoms with Gasteiger partial charge in [-0.3, -0.25) is 0 Å². The molecule has 0 amide bonds. The third-order valence-corrected chi connectivity index (χ3v) is 4.94. The van der Waals surface area contributed by atoms with Gasteiger partial charge in [-0.05, 0) is 31.9 Å². The summed E-state index contributed by atoms with van der Waals surface area (Å²) in [4.78, 5) is 12.6. The summed E-state index contributed by atoms with van der Waals surface area (Å²) in [5, 5.41) is 9.06. The molecule has 1 aliphatic carbocycles. The number of carboxylic acids is 1. The second-order valence-corrected chi connectivity index (χ2v) is 6.67. The van der Waals surface area contributed by atoms with E-state index in [4.69, 9.17) is 5.11 Å². The van der Waals surface area contributed by atoms with Crippen molar-refractivity contribution in [2.75, 3.05) is 11.9 Å². The van der Waals surface area contributed by atoms with Crippen molar-refractivity contribution in [3.63, 3.8) is 0 Å². The Balaban J connectivity index is 2.37. The monoisotopic (exact) mass is 298 g/mol. The fourth-order valence-corrected chi connectivity index (χ4v) is 3.38. The van der Waals surface area contributed by atoms with Gasteiger partial charge in [-0.25, -0.2) is 17.9 Å². The fraction of sp³-hybridized carbons (Fsp3) is 0.462. The third kappa shape index (κ3) is 3.10. The zero-order valence-electron chi connectivity index (χ0n) is 11.4. The molecule has 0 aliphatic heterocycles. The highest BCUT2D eigenvalue weighted by atomic mass is 32.2. The molecule has 0 spiro atoms. The average molecular weight is 298 g/mol. The summed E-state index contributed by atoms with van der Waals surface area (Å²) in [5.41, 5.74) is 0.385. The Morgan fingerprint density at radius 3 is 2.55 bits per heavy atom. The summed E-state index contributed by atoms with van der Waals surface area (Å²) < 4.78 is 27.2. The number of hydrogen-bond acceptors (Lipinski definition) is 4. The number of nitrogens with one attached hydrogen (secondary N) is 1. The molecule has 110 valence electrons. The Bertz CT molecular complexity index is 611. The van der Waals surface area contributed by atoms with Crippen molar-refractivity contribution in [1.82, 2.24) is 4.72 Å². The summed E-state index contributed by atoms with van der Waals surface area (Å²) in [6, 6.07) is 5.62. The largest absolute Gasteiger partial charge is 0.480 e. The molecule has 0 bridgehead atoms. The van der Waals surface area contributed by atoms with Gasteiger partial charge in [0.15, 0.2) is 0 Å². The van der Waals surface area contributed by atoms with Crippen molar-refractivity contribution in [3.05, 3.63) is 24.3 Å². The highest BCUT2D eigenvalue weighted by molar-refractivity contribution is 7.89. The number of carboxylic acid groups (broad SMARTS) is 1. The van der Waals surface area contributed by atoms with Crippen LogP contribution in [0.5, 0.6) is 0 Å². The van der Waals surface area contributed by atoms with Crippen LogP contribution < -0.4 is 9.62 Å². The van der Waals surface area contributed by atoms with E-state index in [0.29, 0.717) is 5.69 Å². The van der Waals surface area contributed by atoms with E-state index in [0.717, 1.165) is 12.8 Å². The minimum absolute atomic E-state index is 0.00950. The standard InChI is InChI=1S/C13H18N2O4S/c1-9(13(16)17)15(2)11-5-3-4-6-12(11)20(18,19)14-10-7-8-10/h3-6,9-10,14H,7-8H2,1-2H3,(H,16,17). The lowest BCUT2D eigenvalue weighted by molar-refractivity contribution is -0.138. The van der Waals surface area contributed by atoms with E-state index < -0.39 is 22.0 Å². The van der Waals surface area contributed by atoms with Crippen LogP contribution in [0.1, 0.15) is 19.8 Å². The van der Waals surface area contributed by atoms with E-state index in [2.05, 4.69) is 4.72 Å². The van der Waals surface area contributed by atoms with Crippen LogP contribution in [0, 0.1) is 0 Å². The Hall–Kier alpha value is -1.60. The van der Waals surface area contributed by atoms with Crippen LogP contribution in [-0.4, -0.2) is 38.6 Å². The predicted octanol–water partition coefficient (Wildman–Crippen LogP) is 1.04. The van der Waals surface area contributed by atoms with E-state index >= 15 is 0 Å². The van der Waals surface area contributed by atoms with E-state index in [-0.39, 0.29) is 10.9 Å². The van der Waals surface area contributed by atoms with Crippen LogP contribution in [0.4, 0.5) is 5.69 Å². The quantitative estimate of drug-likeness (QED) is 0.819. The maximum Gasteiger partial charge on any atom is 0.326 e. The molecular weight excluding hydrogens is 280 g/mol. The minimum atomic E-state index is -3.62. The number of para-hydroxylation sites is 1. The maximum atomic E-state index is 12.3. The van der Waals surface area contributed by atoms with Crippen LogP contribution in [-0.2, 0) is 14.8 Å². The Kier molecular flexibility index (Phi) is 4.01.